The Labute approximate surface area is 190 Å². The van der Waals surface area contributed by atoms with E-state index in [1.54, 1.807) is 39.1 Å². The highest BCUT2D eigenvalue weighted by molar-refractivity contribution is 7.89. The number of aryl methyl sites for hydroxylation is 1. The van der Waals surface area contributed by atoms with E-state index in [4.69, 9.17) is 4.74 Å². The largest absolute Gasteiger partial charge is 0.496 e. The lowest BCUT2D eigenvalue weighted by Crippen LogP contribution is -2.40. The Hall–Kier alpha value is -2.82. The summed E-state index contributed by atoms with van der Waals surface area (Å²) in [6.45, 7) is 6.92. The minimum atomic E-state index is -3.80. The number of benzene rings is 2. The average molecular weight is 478 g/mol. The second-order valence-corrected chi connectivity index (χ2v) is 10.7. The molecule has 0 aliphatic rings. The summed E-state index contributed by atoms with van der Waals surface area (Å²) < 4.78 is 46.8. The molecule has 0 saturated heterocycles. The molecule has 32 heavy (non-hydrogen) atoms. The van der Waals surface area contributed by atoms with Gasteiger partial charge in [-0.1, -0.05) is 6.07 Å². The lowest BCUT2D eigenvalue weighted by Gasteiger charge is -2.20. The Balaban J connectivity index is 1.87. The first-order valence-corrected chi connectivity index (χ1v) is 12.0. The molecule has 0 aliphatic carbocycles. The Morgan fingerprint density at radius 3 is 2.53 bits per heavy atom. The number of hydrogen-bond acceptors (Lipinski definition) is 6. The maximum atomic E-state index is 13.7. The van der Waals surface area contributed by atoms with Gasteiger partial charge in [-0.25, -0.2) is 22.5 Å². The van der Waals surface area contributed by atoms with Gasteiger partial charge in [-0.3, -0.25) is 10.1 Å². The standard InChI is InChI=1S/C22H24FN3O4S2/c1-13-6-8-15(32(28,29)26-22(2,3)4)11-16(13)20(27)25-21-24-18(12-31-21)17-10-14(23)7-9-19(17)30-5/h6-12,26H,1-5H3,(H,24,25,27). The van der Waals surface area contributed by atoms with E-state index in [0.717, 1.165) is 11.3 Å². The smallest absolute Gasteiger partial charge is 0.257 e. The topological polar surface area (TPSA) is 97.4 Å². The molecule has 1 heterocycles. The third-order valence-electron chi connectivity index (χ3n) is 4.37. The number of nitrogens with one attached hydrogen (secondary N) is 2. The van der Waals surface area contributed by atoms with E-state index < -0.39 is 27.3 Å². The van der Waals surface area contributed by atoms with Crippen molar-refractivity contribution in [3.05, 3.63) is 58.7 Å². The average Bonchev–Trinajstić information content (AvgIpc) is 3.14. The third-order valence-corrected chi connectivity index (χ3v) is 6.88. The highest BCUT2D eigenvalue weighted by atomic mass is 32.2. The molecule has 0 fully saturated rings. The molecule has 0 bridgehead atoms. The van der Waals surface area contributed by atoms with Crippen LogP contribution in [-0.2, 0) is 10.0 Å². The Bertz CT molecular complexity index is 1260. The number of sulfonamides is 1. The summed E-state index contributed by atoms with van der Waals surface area (Å²) in [5, 5.41) is 4.65. The summed E-state index contributed by atoms with van der Waals surface area (Å²) in [5.74, 6) is -0.478. The van der Waals surface area contributed by atoms with Crippen LogP contribution in [0.4, 0.5) is 9.52 Å². The fourth-order valence-electron chi connectivity index (χ4n) is 2.97. The molecule has 1 amide bonds. The van der Waals surface area contributed by atoms with Crippen molar-refractivity contribution >= 4 is 32.4 Å². The van der Waals surface area contributed by atoms with Crippen molar-refractivity contribution in [1.29, 1.82) is 0 Å². The zero-order valence-corrected chi connectivity index (χ0v) is 19.9. The van der Waals surface area contributed by atoms with Crippen molar-refractivity contribution in [3.63, 3.8) is 0 Å². The van der Waals surface area contributed by atoms with Gasteiger partial charge in [0.15, 0.2) is 5.13 Å². The maximum Gasteiger partial charge on any atom is 0.257 e. The van der Waals surface area contributed by atoms with Crippen LogP contribution in [0.25, 0.3) is 11.3 Å². The van der Waals surface area contributed by atoms with E-state index >= 15 is 0 Å². The molecule has 0 unspecified atom stereocenters. The van der Waals surface area contributed by atoms with Crippen molar-refractivity contribution < 1.29 is 22.3 Å². The van der Waals surface area contributed by atoms with Gasteiger partial charge in [0.25, 0.3) is 5.91 Å². The van der Waals surface area contributed by atoms with E-state index in [-0.39, 0.29) is 15.6 Å². The second kappa shape index (κ2) is 8.97. The highest BCUT2D eigenvalue weighted by Gasteiger charge is 2.24. The van der Waals surface area contributed by atoms with Crippen LogP contribution in [0.1, 0.15) is 36.7 Å². The van der Waals surface area contributed by atoms with E-state index in [2.05, 4.69) is 15.0 Å². The maximum absolute atomic E-state index is 13.7. The Morgan fingerprint density at radius 2 is 1.88 bits per heavy atom. The number of amides is 1. The van der Waals surface area contributed by atoms with E-state index in [0.29, 0.717) is 22.6 Å². The SMILES string of the molecule is COc1ccc(F)cc1-c1csc(NC(=O)c2cc(S(=O)(=O)NC(C)(C)C)ccc2C)n1. The Kier molecular flexibility index (Phi) is 6.68. The molecule has 2 aromatic carbocycles. The van der Waals surface area contributed by atoms with Gasteiger partial charge in [0, 0.05) is 22.0 Å². The first-order chi connectivity index (χ1) is 14.9. The van der Waals surface area contributed by atoms with Crippen LogP contribution in [0.5, 0.6) is 5.75 Å². The molecule has 3 aromatic rings. The van der Waals surface area contributed by atoms with Crippen LogP contribution in [-0.4, -0.2) is 32.0 Å². The number of rotatable bonds is 6. The molecule has 7 nitrogen and oxygen atoms in total. The molecule has 0 atom stereocenters. The molecule has 0 aliphatic heterocycles. The van der Waals surface area contributed by atoms with Gasteiger partial charge in [-0.05, 0) is 63.6 Å². The Morgan fingerprint density at radius 1 is 1.16 bits per heavy atom. The number of anilines is 1. The summed E-state index contributed by atoms with van der Waals surface area (Å²) in [6.07, 6.45) is 0. The van der Waals surface area contributed by atoms with Gasteiger partial charge in [-0.15, -0.1) is 11.3 Å². The van der Waals surface area contributed by atoms with Gasteiger partial charge in [-0.2, -0.15) is 0 Å². The monoisotopic (exact) mass is 477 g/mol. The fourth-order valence-corrected chi connectivity index (χ4v) is 5.12. The van der Waals surface area contributed by atoms with Crippen molar-refractivity contribution in [1.82, 2.24) is 9.71 Å². The first-order valence-electron chi connectivity index (χ1n) is 9.65. The van der Waals surface area contributed by atoms with Gasteiger partial charge in [0.05, 0.1) is 17.7 Å². The van der Waals surface area contributed by atoms with Crippen LogP contribution in [0, 0.1) is 12.7 Å². The van der Waals surface area contributed by atoms with Gasteiger partial charge >= 0.3 is 0 Å². The summed E-state index contributed by atoms with van der Waals surface area (Å²) >= 11 is 1.16. The zero-order chi connectivity index (χ0) is 23.7. The van der Waals surface area contributed by atoms with Crippen molar-refractivity contribution in [2.24, 2.45) is 0 Å². The molecule has 0 saturated carbocycles. The van der Waals surface area contributed by atoms with Gasteiger partial charge in [0.2, 0.25) is 10.0 Å². The number of nitrogens with zero attached hydrogens (tertiary/aromatic N) is 1. The number of methoxy groups -OCH3 is 1. The number of hydrogen-bond donors (Lipinski definition) is 2. The molecule has 1 aromatic heterocycles. The van der Waals surface area contributed by atoms with Crippen LogP contribution in [0.15, 0.2) is 46.7 Å². The fraction of sp³-hybridized carbons (Fsp3) is 0.273. The van der Waals surface area contributed by atoms with Crippen molar-refractivity contribution in [2.45, 2.75) is 38.1 Å². The second-order valence-electron chi connectivity index (χ2n) is 8.17. The molecular weight excluding hydrogens is 453 g/mol. The third kappa shape index (κ3) is 5.50. The molecule has 170 valence electrons. The lowest BCUT2D eigenvalue weighted by molar-refractivity contribution is 0.102. The number of thiazole rings is 1. The van der Waals surface area contributed by atoms with E-state index in [9.17, 15) is 17.6 Å². The van der Waals surface area contributed by atoms with Crippen LogP contribution >= 0.6 is 11.3 Å². The molecule has 0 spiro atoms. The molecular formula is C22H24FN3O4S2. The van der Waals surface area contributed by atoms with Gasteiger partial charge in [0.1, 0.15) is 11.6 Å². The molecule has 0 radical (unpaired) electrons. The summed E-state index contributed by atoms with van der Waals surface area (Å²) in [7, 11) is -2.32. The van der Waals surface area contributed by atoms with Crippen LogP contribution in [0.3, 0.4) is 0 Å². The summed E-state index contributed by atoms with van der Waals surface area (Å²) in [4.78, 5) is 17.2. The number of halogens is 1. The first kappa shape index (κ1) is 23.8. The number of carbonyl (C=O) groups is 1. The molecule has 10 heteroatoms. The lowest BCUT2D eigenvalue weighted by atomic mass is 10.1. The highest BCUT2D eigenvalue weighted by Crippen LogP contribution is 2.33. The van der Waals surface area contributed by atoms with Crippen LogP contribution < -0.4 is 14.8 Å². The van der Waals surface area contributed by atoms with Crippen molar-refractivity contribution in [2.75, 3.05) is 12.4 Å². The van der Waals surface area contributed by atoms with Gasteiger partial charge < -0.3 is 4.74 Å². The zero-order valence-electron chi connectivity index (χ0n) is 18.3. The predicted octanol–water partition coefficient (Wildman–Crippen LogP) is 4.60. The quantitative estimate of drug-likeness (QED) is 0.541. The minimum Gasteiger partial charge on any atom is -0.496 e. The number of carbonyl (C=O) groups excluding carboxylic acids is 1. The minimum absolute atomic E-state index is 0.00694. The van der Waals surface area contributed by atoms with E-state index in [1.807, 2.05) is 0 Å². The summed E-state index contributed by atoms with van der Waals surface area (Å²) in [6, 6.07) is 8.47. The molecule has 2 N–H and O–H groups in total. The predicted molar refractivity (Wildman–Crippen MR) is 123 cm³/mol. The normalized spacial score (nSPS) is 11.9. The molecule has 3 rings (SSSR count). The van der Waals surface area contributed by atoms with E-state index in [1.165, 1.54) is 37.4 Å². The summed E-state index contributed by atoms with van der Waals surface area (Å²) in [5.41, 5.74) is 1.06. The van der Waals surface area contributed by atoms with Crippen LogP contribution in [0.2, 0.25) is 0 Å². The number of ether oxygens (including phenoxy) is 1. The number of aromatic nitrogens is 1. The van der Waals surface area contributed by atoms with Crippen molar-refractivity contribution in [3.8, 4) is 17.0 Å².